The second-order valence-electron chi connectivity index (χ2n) is 7.24. The lowest BCUT2D eigenvalue weighted by Gasteiger charge is -2.31. The second-order valence-corrected chi connectivity index (χ2v) is 9.18. The van der Waals surface area contributed by atoms with Crippen LogP contribution in [0, 0.1) is 19.8 Å². The van der Waals surface area contributed by atoms with Crippen molar-refractivity contribution in [2.45, 2.75) is 31.6 Å². The largest absolute Gasteiger partial charge is 0.497 e. The Morgan fingerprint density at radius 3 is 2.36 bits per heavy atom. The van der Waals surface area contributed by atoms with Crippen molar-refractivity contribution in [3.8, 4) is 5.75 Å². The van der Waals surface area contributed by atoms with E-state index in [1.54, 1.807) is 12.1 Å². The van der Waals surface area contributed by atoms with Gasteiger partial charge >= 0.3 is 0 Å². The van der Waals surface area contributed by atoms with Crippen LogP contribution in [0.3, 0.4) is 0 Å². The predicted octanol–water partition coefficient (Wildman–Crippen LogP) is 3.35. The summed E-state index contributed by atoms with van der Waals surface area (Å²) in [5.41, 5.74) is 2.89. The Bertz CT molecular complexity index is 935. The summed E-state index contributed by atoms with van der Waals surface area (Å²) in [6.07, 6.45) is 1.32. The van der Waals surface area contributed by atoms with Crippen LogP contribution >= 0.6 is 0 Å². The first-order chi connectivity index (χ1) is 13.3. The first-order valence-corrected chi connectivity index (χ1v) is 10.8. The summed E-state index contributed by atoms with van der Waals surface area (Å²) in [5, 5.41) is 2.94. The van der Waals surface area contributed by atoms with Gasteiger partial charge in [-0.2, -0.15) is 4.31 Å². The topological polar surface area (TPSA) is 75.7 Å². The zero-order valence-electron chi connectivity index (χ0n) is 16.4. The van der Waals surface area contributed by atoms with Gasteiger partial charge < -0.3 is 10.1 Å². The Morgan fingerprint density at radius 2 is 1.75 bits per heavy atom. The third-order valence-corrected chi connectivity index (χ3v) is 6.82. The Hall–Kier alpha value is -2.38. The minimum atomic E-state index is -3.64. The Balaban J connectivity index is 1.72. The lowest BCUT2D eigenvalue weighted by atomic mass is 9.98. The van der Waals surface area contributed by atoms with Crippen molar-refractivity contribution in [2.75, 3.05) is 25.5 Å². The van der Waals surface area contributed by atoms with E-state index in [0.29, 0.717) is 25.1 Å². The van der Waals surface area contributed by atoms with Crippen molar-refractivity contribution in [3.63, 3.8) is 0 Å². The summed E-state index contributed by atoms with van der Waals surface area (Å²) < 4.78 is 32.4. The number of carbonyl (C=O) groups excluding carboxylic acids is 1. The Kier molecular flexibility index (Phi) is 6.05. The van der Waals surface area contributed by atoms with Crippen LogP contribution in [0.25, 0.3) is 0 Å². The van der Waals surface area contributed by atoms with Crippen LogP contribution in [0.1, 0.15) is 24.0 Å². The average Bonchev–Trinajstić information content (AvgIpc) is 2.67. The van der Waals surface area contributed by atoms with E-state index in [1.807, 2.05) is 32.0 Å². The SMILES string of the molecule is COc1ccc(S(=O)(=O)N2CCCC(C(=O)Nc3cc(C)cc(C)c3)C2)cc1. The molecule has 1 saturated heterocycles. The van der Waals surface area contributed by atoms with Gasteiger partial charge in [0.25, 0.3) is 0 Å². The van der Waals surface area contributed by atoms with E-state index in [4.69, 9.17) is 4.74 Å². The maximum absolute atomic E-state index is 13.0. The number of piperidine rings is 1. The minimum Gasteiger partial charge on any atom is -0.497 e. The van der Waals surface area contributed by atoms with E-state index in [2.05, 4.69) is 5.32 Å². The number of ether oxygens (including phenoxy) is 1. The van der Waals surface area contributed by atoms with Gasteiger partial charge in [-0.05, 0) is 74.2 Å². The molecule has 3 rings (SSSR count). The first-order valence-electron chi connectivity index (χ1n) is 9.33. The number of methoxy groups -OCH3 is 1. The highest BCUT2D eigenvalue weighted by atomic mass is 32.2. The molecule has 0 saturated carbocycles. The zero-order valence-corrected chi connectivity index (χ0v) is 17.3. The van der Waals surface area contributed by atoms with E-state index in [-0.39, 0.29) is 23.3 Å². The maximum Gasteiger partial charge on any atom is 0.243 e. The van der Waals surface area contributed by atoms with E-state index >= 15 is 0 Å². The van der Waals surface area contributed by atoms with Crippen molar-refractivity contribution in [1.82, 2.24) is 4.31 Å². The van der Waals surface area contributed by atoms with Crippen LogP contribution in [-0.2, 0) is 14.8 Å². The molecule has 0 radical (unpaired) electrons. The number of anilines is 1. The molecule has 1 amide bonds. The van der Waals surface area contributed by atoms with Gasteiger partial charge in [0.2, 0.25) is 15.9 Å². The molecule has 28 heavy (non-hydrogen) atoms. The number of aryl methyl sites for hydroxylation is 2. The van der Waals surface area contributed by atoms with Gasteiger partial charge in [0, 0.05) is 18.8 Å². The monoisotopic (exact) mass is 402 g/mol. The summed E-state index contributed by atoms with van der Waals surface area (Å²) in [6.45, 7) is 4.56. The molecule has 1 aliphatic heterocycles. The molecule has 0 bridgehead atoms. The molecular weight excluding hydrogens is 376 g/mol. The quantitative estimate of drug-likeness (QED) is 0.832. The normalized spacial score (nSPS) is 17.9. The smallest absolute Gasteiger partial charge is 0.243 e. The van der Waals surface area contributed by atoms with Gasteiger partial charge in [-0.25, -0.2) is 8.42 Å². The molecular formula is C21H26N2O4S. The molecule has 6 nitrogen and oxygen atoms in total. The Labute approximate surface area is 166 Å². The highest BCUT2D eigenvalue weighted by Gasteiger charge is 2.33. The number of nitrogens with zero attached hydrogens (tertiary/aromatic N) is 1. The molecule has 0 aromatic heterocycles. The number of amides is 1. The highest BCUT2D eigenvalue weighted by Crippen LogP contribution is 2.26. The fourth-order valence-electron chi connectivity index (χ4n) is 3.56. The van der Waals surface area contributed by atoms with E-state index in [9.17, 15) is 13.2 Å². The number of benzene rings is 2. The molecule has 7 heteroatoms. The molecule has 0 spiro atoms. The van der Waals surface area contributed by atoms with Crippen LogP contribution in [0.5, 0.6) is 5.75 Å². The van der Waals surface area contributed by atoms with E-state index < -0.39 is 10.0 Å². The highest BCUT2D eigenvalue weighted by molar-refractivity contribution is 7.89. The zero-order chi connectivity index (χ0) is 20.3. The van der Waals surface area contributed by atoms with Gasteiger partial charge in [-0.15, -0.1) is 0 Å². The lowest BCUT2D eigenvalue weighted by Crippen LogP contribution is -2.43. The third kappa shape index (κ3) is 4.54. The standard InChI is InChI=1S/C21H26N2O4S/c1-15-11-16(2)13-18(12-15)22-21(24)17-5-4-10-23(14-17)28(25,26)20-8-6-19(27-3)7-9-20/h6-9,11-13,17H,4-5,10,14H2,1-3H3,(H,22,24). The van der Waals surface area contributed by atoms with Crippen LogP contribution in [0.15, 0.2) is 47.4 Å². The minimum absolute atomic E-state index is 0.139. The number of sulfonamides is 1. The molecule has 150 valence electrons. The van der Waals surface area contributed by atoms with Crippen molar-refractivity contribution in [1.29, 1.82) is 0 Å². The van der Waals surface area contributed by atoms with Crippen molar-refractivity contribution >= 4 is 21.6 Å². The molecule has 0 aliphatic carbocycles. The number of hydrogen-bond donors (Lipinski definition) is 1. The molecule has 1 heterocycles. The lowest BCUT2D eigenvalue weighted by molar-refractivity contribution is -0.120. The molecule has 2 aromatic rings. The molecule has 1 N–H and O–H groups in total. The Morgan fingerprint density at radius 1 is 1.11 bits per heavy atom. The molecule has 2 aromatic carbocycles. The summed E-state index contributed by atoms with van der Waals surface area (Å²) in [7, 11) is -2.11. The molecule has 1 atom stereocenters. The number of carbonyl (C=O) groups is 1. The predicted molar refractivity (Wildman–Crippen MR) is 109 cm³/mol. The van der Waals surface area contributed by atoms with Crippen molar-refractivity contribution in [3.05, 3.63) is 53.6 Å². The summed E-state index contributed by atoms with van der Waals surface area (Å²) in [5.74, 6) is 0.0884. The molecule has 1 unspecified atom stereocenters. The third-order valence-electron chi connectivity index (χ3n) is 4.94. The summed E-state index contributed by atoms with van der Waals surface area (Å²) in [4.78, 5) is 12.9. The van der Waals surface area contributed by atoms with Crippen LogP contribution in [0.4, 0.5) is 5.69 Å². The molecule has 1 aliphatic rings. The van der Waals surface area contributed by atoms with Gasteiger partial charge in [0.15, 0.2) is 0 Å². The average molecular weight is 403 g/mol. The van der Waals surface area contributed by atoms with Gasteiger partial charge in [-0.1, -0.05) is 6.07 Å². The summed E-state index contributed by atoms with van der Waals surface area (Å²) >= 11 is 0. The number of rotatable bonds is 5. The van der Waals surface area contributed by atoms with E-state index in [1.165, 1.54) is 23.5 Å². The van der Waals surface area contributed by atoms with Crippen LogP contribution in [-0.4, -0.2) is 38.8 Å². The van der Waals surface area contributed by atoms with Crippen molar-refractivity contribution < 1.29 is 17.9 Å². The second kappa shape index (κ2) is 8.32. The maximum atomic E-state index is 13.0. The summed E-state index contributed by atoms with van der Waals surface area (Å²) in [6, 6.07) is 12.2. The molecule has 1 fully saturated rings. The fourth-order valence-corrected chi connectivity index (χ4v) is 5.09. The van der Waals surface area contributed by atoms with Gasteiger partial charge in [0.05, 0.1) is 17.9 Å². The number of nitrogens with one attached hydrogen (secondary N) is 1. The van der Waals surface area contributed by atoms with Crippen LogP contribution in [0.2, 0.25) is 0 Å². The van der Waals surface area contributed by atoms with Crippen molar-refractivity contribution in [2.24, 2.45) is 5.92 Å². The van der Waals surface area contributed by atoms with E-state index in [0.717, 1.165) is 16.8 Å². The van der Waals surface area contributed by atoms with Crippen LogP contribution < -0.4 is 10.1 Å². The number of hydrogen-bond acceptors (Lipinski definition) is 4. The van der Waals surface area contributed by atoms with Gasteiger partial charge in [-0.3, -0.25) is 4.79 Å². The van der Waals surface area contributed by atoms with Gasteiger partial charge in [0.1, 0.15) is 5.75 Å². The fraction of sp³-hybridized carbons (Fsp3) is 0.381. The first kappa shape index (κ1) is 20.4.